The van der Waals surface area contributed by atoms with Gasteiger partial charge in [0.2, 0.25) is 0 Å². The first-order valence-corrected chi connectivity index (χ1v) is 5.97. The lowest BCUT2D eigenvalue weighted by Gasteiger charge is -2.07. The van der Waals surface area contributed by atoms with Crippen molar-refractivity contribution in [1.82, 2.24) is 5.32 Å². The number of nitrogens with two attached hydrogens (primary N) is 1. The standard InChI is InChI=1S/C9H17N3O2S/c1-2-3-7-6-12-9(15-7)11-4-5-14-8(10)13/h7H,2-6H2,1H3,(H2,10,13)(H,11,12). The molecular formula is C9H17N3O2S. The molecule has 6 heteroatoms. The first-order chi connectivity index (χ1) is 7.22. The van der Waals surface area contributed by atoms with Gasteiger partial charge in [-0.3, -0.25) is 4.99 Å². The second-order valence-corrected chi connectivity index (χ2v) is 4.56. The van der Waals surface area contributed by atoms with Crippen LogP contribution in [0.15, 0.2) is 4.99 Å². The molecule has 0 radical (unpaired) electrons. The molecule has 15 heavy (non-hydrogen) atoms. The van der Waals surface area contributed by atoms with Crippen LogP contribution in [0.3, 0.4) is 0 Å². The number of hydrogen-bond acceptors (Lipinski definition) is 5. The van der Waals surface area contributed by atoms with Crippen LogP contribution in [0.5, 0.6) is 0 Å². The number of ether oxygens (including phenoxy) is 1. The molecule has 3 N–H and O–H groups in total. The van der Waals surface area contributed by atoms with Crippen molar-refractivity contribution in [1.29, 1.82) is 0 Å². The van der Waals surface area contributed by atoms with E-state index in [0.29, 0.717) is 11.8 Å². The number of carbonyl (C=O) groups is 1. The number of carbonyl (C=O) groups excluding carboxylic acids is 1. The first kappa shape index (κ1) is 12.2. The van der Waals surface area contributed by atoms with E-state index in [4.69, 9.17) is 5.73 Å². The number of nitrogens with one attached hydrogen (secondary N) is 1. The van der Waals surface area contributed by atoms with Gasteiger partial charge >= 0.3 is 6.09 Å². The Hall–Kier alpha value is -0.910. The highest BCUT2D eigenvalue weighted by Crippen LogP contribution is 2.23. The van der Waals surface area contributed by atoms with Gasteiger partial charge in [0, 0.05) is 5.25 Å². The second-order valence-electron chi connectivity index (χ2n) is 3.27. The van der Waals surface area contributed by atoms with Crippen LogP contribution in [-0.4, -0.2) is 36.2 Å². The maximum atomic E-state index is 10.3. The Labute approximate surface area is 93.8 Å². The van der Waals surface area contributed by atoms with Gasteiger partial charge < -0.3 is 15.8 Å². The van der Waals surface area contributed by atoms with E-state index in [1.54, 1.807) is 11.8 Å². The summed E-state index contributed by atoms with van der Waals surface area (Å²) in [6.45, 7) is 3.91. The number of thioether (sulfide) groups is 1. The summed E-state index contributed by atoms with van der Waals surface area (Å²) >= 11 is 1.76. The fraction of sp³-hybridized carbons (Fsp3) is 0.778. The van der Waals surface area contributed by atoms with Gasteiger partial charge in [0.05, 0.1) is 13.1 Å². The van der Waals surface area contributed by atoms with Crippen molar-refractivity contribution in [3.8, 4) is 0 Å². The van der Waals surface area contributed by atoms with Crippen molar-refractivity contribution in [2.24, 2.45) is 10.7 Å². The molecule has 0 saturated heterocycles. The molecule has 0 spiro atoms. The molecule has 1 amide bonds. The molecular weight excluding hydrogens is 214 g/mol. The molecule has 0 saturated carbocycles. The average molecular weight is 231 g/mol. The smallest absolute Gasteiger partial charge is 0.404 e. The van der Waals surface area contributed by atoms with Crippen LogP contribution >= 0.6 is 11.8 Å². The lowest BCUT2D eigenvalue weighted by Crippen LogP contribution is -2.26. The highest BCUT2D eigenvalue weighted by molar-refractivity contribution is 8.14. The van der Waals surface area contributed by atoms with Crippen molar-refractivity contribution in [2.75, 3.05) is 19.7 Å². The second kappa shape index (κ2) is 6.55. The molecule has 0 bridgehead atoms. The molecule has 1 aliphatic heterocycles. The molecule has 5 nitrogen and oxygen atoms in total. The minimum absolute atomic E-state index is 0.285. The summed E-state index contributed by atoms with van der Waals surface area (Å²) in [5, 5.41) is 4.66. The Morgan fingerprint density at radius 3 is 3.27 bits per heavy atom. The van der Waals surface area contributed by atoms with E-state index in [-0.39, 0.29) is 6.61 Å². The fourth-order valence-corrected chi connectivity index (χ4v) is 2.45. The van der Waals surface area contributed by atoms with Crippen LogP contribution in [0.1, 0.15) is 19.8 Å². The maximum Gasteiger partial charge on any atom is 0.404 e. The van der Waals surface area contributed by atoms with Gasteiger partial charge in [0.15, 0.2) is 5.17 Å². The topological polar surface area (TPSA) is 76.7 Å². The van der Waals surface area contributed by atoms with Gasteiger partial charge in [0.25, 0.3) is 0 Å². The fourth-order valence-electron chi connectivity index (χ4n) is 1.30. The zero-order valence-electron chi connectivity index (χ0n) is 8.86. The van der Waals surface area contributed by atoms with Crippen LogP contribution < -0.4 is 11.1 Å². The molecule has 0 aromatic rings. The SMILES string of the molecule is CCCC1CN=C(NCCOC(N)=O)S1. The summed E-state index contributed by atoms with van der Waals surface area (Å²) in [4.78, 5) is 14.6. The number of amidine groups is 1. The summed E-state index contributed by atoms with van der Waals surface area (Å²) in [6, 6.07) is 0. The van der Waals surface area contributed by atoms with Crippen LogP contribution in [0, 0.1) is 0 Å². The molecule has 0 aromatic carbocycles. The van der Waals surface area contributed by atoms with Crippen molar-refractivity contribution < 1.29 is 9.53 Å². The quantitative estimate of drug-likeness (QED) is 0.690. The maximum absolute atomic E-state index is 10.3. The van der Waals surface area contributed by atoms with E-state index >= 15 is 0 Å². The Kier molecular flexibility index (Phi) is 5.31. The summed E-state index contributed by atoms with van der Waals surface area (Å²) in [6.07, 6.45) is 1.64. The van der Waals surface area contributed by atoms with Gasteiger partial charge in [-0.25, -0.2) is 4.79 Å². The molecule has 1 heterocycles. The number of nitrogens with zero attached hydrogens (tertiary/aromatic N) is 1. The summed E-state index contributed by atoms with van der Waals surface area (Å²) in [7, 11) is 0. The van der Waals surface area contributed by atoms with Crippen LogP contribution in [0.25, 0.3) is 0 Å². The van der Waals surface area contributed by atoms with E-state index in [1.165, 1.54) is 12.8 Å². The number of primary amides is 1. The van der Waals surface area contributed by atoms with Crippen molar-refractivity contribution in [2.45, 2.75) is 25.0 Å². The highest BCUT2D eigenvalue weighted by atomic mass is 32.2. The highest BCUT2D eigenvalue weighted by Gasteiger charge is 2.17. The van der Waals surface area contributed by atoms with Gasteiger partial charge in [-0.05, 0) is 6.42 Å². The van der Waals surface area contributed by atoms with E-state index in [2.05, 4.69) is 22.0 Å². The predicted octanol–water partition coefficient (Wildman–Crippen LogP) is 0.943. The summed E-state index contributed by atoms with van der Waals surface area (Å²) in [5.74, 6) is 0. The predicted molar refractivity (Wildman–Crippen MR) is 62.1 cm³/mol. The van der Waals surface area contributed by atoms with Crippen LogP contribution in [0.4, 0.5) is 4.79 Å². The van der Waals surface area contributed by atoms with Crippen molar-refractivity contribution >= 4 is 23.0 Å². The minimum atomic E-state index is -0.735. The third-order valence-corrected chi connectivity index (χ3v) is 3.16. The molecule has 0 aliphatic carbocycles. The number of aliphatic imine (C=N–C) groups is 1. The van der Waals surface area contributed by atoms with Crippen LogP contribution in [0.2, 0.25) is 0 Å². The molecule has 1 aliphatic rings. The molecule has 86 valence electrons. The lowest BCUT2D eigenvalue weighted by molar-refractivity contribution is 0.159. The van der Waals surface area contributed by atoms with Gasteiger partial charge in [-0.15, -0.1) is 0 Å². The third kappa shape index (κ3) is 4.92. The zero-order chi connectivity index (χ0) is 11.1. The summed E-state index contributed by atoms with van der Waals surface area (Å²) < 4.78 is 4.59. The van der Waals surface area contributed by atoms with Crippen molar-refractivity contribution in [3.05, 3.63) is 0 Å². The van der Waals surface area contributed by atoms with Crippen molar-refractivity contribution in [3.63, 3.8) is 0 Å². The first-order valence-electron chi connectivity index (χ1n) is 5.09. The van der Waals surface area contributed by atoms with E-state index in [9.17, 15) is 4.79 Å². The minimum Gasteiger partial charge on any atom is -0.448 e. The lowest BCUT2D eigenvalue weighted by atomic mass is 10.2. The third-order valence-electron chi connectivity index (χ3n) is 1.95. The Morgan fingerprint density at radius 1 is 1.80 bits per heavy atom. The average Bonchev–Trinajstić information content (AvgIpc) is 2.61. The van der Waals surface area contributed by atoms with E-state index in [0.717, 1.165) is 11.7 Å². The zero-order valence-corrected chi connectivity index (χ0v) is 9.68. The molecule has 0 fully saturated rings. The summed E-state index contributed by atoms with van der Waals surface area (Å²) in [5.41, 5.74) is 4.82. The number of hydrogen-bond donors (Lipinski definition) is 2. The molecule has 1 rings (SSSR count). The number of amides is 1. The molecule has 1 atom stereocenters. The molecule has 1 unspecified atom stereocenters. The Bertz CT molecular complexity index is 246. The van der Waals surface area contributed by atoms with E-state index < -0.39 is 6.09 Å². The monoisotopic (exact) mass is 231 g/mol. The van der Waals surface area contributed by atoms with Crippen LogP contribution in [-0.2, 0) is 4.74 Å². The van der Waals surface area contributed by atoms with Gasteiger partial charge in [-0.2, -0.15) is 0 Å². The Balaban J connectivity index is 2.06. The van der Waals surface area contributed by atoms with Gasteiger partial charge in [-0.1, -0.05) is 25.1 Å². The Morgan fingerprint density at radius 2 is 2.60 bits per heavy atom. The molecule has 0 aromatic heterocycles. The normalized spacial score (nSPS) is 19.8. The number of rotatable bonds is 5. The van der Waals surface area contributed by atoms with Gasteiger partial charge in [0.1, 0.15) is 6.61 Å². The van der Waals surface area contributed by atoms with E-state index in [1.807, 2.05) is 0 Å². The largest absolute Gasteiger partial charge is 0.448 e.